The van der Waals surface area contributed by atoms with Gasteiger partial charge in [-0.25, -0.2) is 0 Å². The van der Waals surface area contributed by atoms with Crippen molar-refractivity contribution in [1.29, 1.82) is 0 Å². The average Bonchev–Trinajstić information content (AvgIpc) is 2.90. The maximum Gasteiger partial charge on any atom is 0.233 e. The number of rotatable bonds is 7. The summed E-state index contributed by atoms with van der Waals surface area (Å²) in [6.07, 6.45) is 5.29. The molecule has 4 heteroatoms. The average molecular weight is 263 g/mol. The van der Waals surface area contributed by atoms with E-state index >= 15 is 0 Å². The van der Waals surface area contributed by atoms with E-state index in [-0.39, 0.29) is 0 Å². The molecule has 0 aliphatic heterocycles. The maximum absolute atomic E-state index is 5.69. The first kappa shape index (κ1) is 14.3. The monoisotopic (exact) mass is 263 g/mol. The lowest BCUT2D eigenvalue weighted by molar-refractivity contribution is 0.241. The molecule has 4 nitrogen and oxygen atoms in total. The minimum Gasteiger partial charge on any atom is -0.476 e. The molecular weight excluding hydrogens is 238 g/mol. The van der Waals surface area contributed by atoms with E-state index in [1.54, 1.807) is 0 Å². The van der Waals surface area contributed by atoms with Gasteiger partial charge in [0.15, 0.2) is 0 Å². The Kier molecular flexibility index (Phi) is 5.58. The van der Waals surface area contributed by atoms with Gasteiger partial charge < -0.3 is 10.1 Å². The molecule has 0 bridgehead atoms. The second kappa shape index (κ2) is 7.43. The molecule has 0 aromatic carbocycles. The standard InChI is InChI=1S/C15H25N3O/c1-12(2)9-16-10-14-7-8-15(18-17-14)19-11-13-5-3-4-6-13/h7-8,12-13,16H,3-6,9-11H2,1-2H3. The zero-order chi connectivity index (χ0) is 13.5. The fourth-order valence-electron chi connectivity index (χ4n) is 2.39. The number of aromatic nitrogens is 2. The van der Waals surface area contributed by atoms with Gasteiger partial charge in [-0.3, -0.25) is 0 Å². The molecule has 0 saturated heterocycles. The zero-order valence-electron chi connectivity index (χ0n) is 12.1. The molecule has 1 aromatic heterocycles. The SMILES string of the molecule is CC(C)CNCc1ccc(OCC2CCCC2)nn1. The Labute approximate surface area is 116 Å². The molecule has 19 heavy (non-hydrogen) atoms. The third-order valence-corrected chi connectivity index (χ3v) is 3.50. The number of ether oxygens (including phenoxy) is 1. The van der Waals surface area contributed by atoms with E-state index in [9.17, 15) is 0 Å². The summed E-state index contributed by atoms with van der Waals surface area (Å²) < 4.78 is 5.69. The van der Waals surface area contributed by atoms with Crippen LogP contribution in [0.2, 0.25) is 0 Å². The highest BCUT2D eigenvalue weighted by Crippen LogP contribution is 2.25. The highest BCUT2D eigenvalue weighted by atomic mass is 16.5. The van der Waals surface area contributed by atoms with Gasteiger partial charge in [0.25, 0.3) is 0 Å². The Hall–Kier alpha value is -1.16. The molecule has 0 spiro atoms. The Morgan fingerprint density at radius 2 is 2.05 bits per heavy atom. The summed E-state index contributed by atoms with van der Waals surface area (Å²) in [4.78, 5) is 0. The van der Waals surface area contributed by atoms with Gasteiger partial charge in [0.2, 0.25) is 5.88 Å². The largest absolute Gasteiger partial charge is 0.476 e. The van der Waals surface area contributed by atoms with Crippen LogP contribution in [0.3, 0.4) is 0 Å². The molecule has 2 rings (SSSR count). The van der Waals surface area contributed by atoms with Crippen LogP contribution in [0.5, 0.6) is 5.88 Å². The molecule has 1 fully saturated rings. The van der Waals surface area contributed by atoms with Crippen LogP contribution < -0.4 is 10.1 Å². The predicted octanol–water partition coefficient (Wildman–Crippen LogP) is 2.79. The van der Waals surface area contributed by atoms with Crippen molar-refractivity contribution < 1.29 is 4.74 Å². The number of hydrogen-bond acceptors (Lipinski definition) is 4. The summed E-state index contributed by atoms with van der Waals surface area (Å²) in [7, 11) is 0. The van der Waals surface area contributed by atoms with E-state index in [4.69, 9.17) is 4.74 Å². The van der Waals surface area contributed by atoms with Crippen LogP contribution in [-0.4, -0.2) is 23.3 Å². The molecule has 1 N–H and O–H groups in total. The van der Waals surface area contributed by atoms with Crippen molar-refractivity contribution in [2.24, 2.45) is 11.8 Å². The highest BCUT2D eigenvalue weighted by molar-refractivity contribution is 5.11. The molecule has 0 atom stereocenters. The molecule has 1 heterocycles. The van der Waals surface area contributed by atoms with Crippen molar-refractivity contribution in [2.45, 2.75) is 46.1 Å². The number of hydrogen-bond donors (Lipinski definition) is 1. The molecule has 0 amide bonds. The fraction of sp³-hybridized carbons (Fsp3) is 0.733. The van der Waals surface area contributed by atoms with E-state index < -0.39 is 0 Å². The summed E-state index contributed by atoms with van der Waals surface area (Å²) in [5.74, 6) is 2.02. The smallest absolute Gasteiger partial charge is 0.233 e. The normalized spacial score (nSPS) is 16.2. The van der Waals surface area contributed by atoms with Gasteiger partial charge in [-0.05, 0) is 37.3 Å². The van der Waals surface area contributed by atoms with E-state index in [1.165, 1.54) is 25.7 Å². The van der Waals surface area contributed by atoms with E-state index in [0.29, 0.717) is 17.7 Å². The van der Waals surface area contributed by atoms with Gasteiger partial charge in [0.05, 0.1) is 12.3 Å². The fourth-order valence-corrected chi connectivity index (χ4v) is 2.39. The van der Waals surface area contributed by atoms with Gasteiger partial charge in [0, 0.05) is 12.6 Å². The first-order chi connectivity index (χ1) is 9.24. The summed E-state index contributed by atoms with van der Waals surface area (Å²) in [5, 5.41) is 11.7. The molecular formula is C15H25N3O. The highest BCUT2D eigenvalue weighted by Gasteiger charge is 2.15. The van der Waals surface area contributed by atoms with Gasteiger partial charge >= 0.3 is 0 Å². The molecule has 1 saturated carbocycles. The van der Waals surface area contributed by atoms with E-state index in [2.05, 4.69) is 29.4 Å². The summed E-state index contributed by atoms with van der Waals surface area (Å²) in [6.45, 7) is 6.95. The van der Waals surface area contributed by atoms with Gasteiger partial charge in [0.1, 0.15) is 0 Å². The summed E-state index contributed by atoms with van der Waals surface area (Å²) in [6, 6.07) is 3.92. The van der Waals surface area contributed by atoms with Crippen LogP contribution in [-0.2, 0) is 6.54 Å². The predicted molar refractivity (Wildman–Crippen MR) is 76.0 cm³/mol. The van der Waals surface area contributed by atoms with Crippen molar-refractivity contribution in [1.82, 2.24) is 15.5 Å². The third kappa shape index (κ3) is 5.15. The molecule has 1 aromatic rings. The Bertz CT molecular complexity index is 358. The lowest BCUT2D eigenvalue weighted by atomic mass is 10.1. The van der Waals surface area contributed by atoms with Crippen molar-refractivity contribution in [3.8, 4) is 5.88 Å². The van der Waals surface area contributed by atoms with Crippen LogP contribution in [0.4, 0.5) is 0 Å². The number of nitrogens with one attached hydrogen (secondary N) is 1. The van der Waals surface area contributed by atoms with Gasteiger partial charge in [-0.1, -0.05) is 26.7 Å². The lowest BCUT2D eigenvalue weighted by Crippen LogP contribution is -2.19. The van der Waals surface area contributed by atoms with Crippen LogP contribution in [0, 0.1) is 11.8 Å². The van der Waals surface area contributed by atoms with Crippen molar-refractivity contribution in [3.05, 3.63) is 17.8 Å². The van der Waals surface area contributed by atoms with E-state index in [1.807, 2.05) is 12.1 Å². The Morgan fingerprint density at radius 3 is 2.68 bits per heavy atom. The van der Waals surface area contributed by atoms with Crippen LogP contribution in [0.1, 0.15) is 45.2 Å². The summed E-state index contributed by atoms with van der Waals surface area (Å²) in [5.41, 5.74) is 0.967. The minimum atomic E-state index is 0.652. The Morgan fingerprint density at radius 1 is 1.26 bits per heavy atom. The number of nitrogens with zero attached hydrogens (tertiary/aromatic N) is 2. The van der Waals surface area contributed by atoms with Crippen LogP contribution in [0.25, 0.3) is 0 Å². The third-order valence-electron chi connectivity index (χ3n) is 3.50. The second-order valence-electron chi connectivity index (χ2n) is 5.85. The molecule has 1 aliphatic carbocycles. The topological polar surface area (TPSA) is 47.0 Å². The van der Waals surface area contributed by atoms with Crippen LogP contribution >= 0.6 is 0 Å². The van der Waals surface area contributed by atoms with Crippen molar-refractivity contribution in [2.75, 3.05) is 13.2 Å². The first-order valence-electron chi connectivity index (χ1n) is 7.40. The van der Waals surface area contributed by atoms with Gasteiger partial charge in [-0.2, -0.15) is 5.10 Å². The van der Waals surface area contributed by atoms with Crippen LogP contribution in [0.15, 0.2) is 12.1 Å². The molecule has 0 radical (unpaired) electrons. The van der Waals surface area contributed by atoms with E-state index in [0.717, 1.165) is 25.4 Å². The van der Waals surface area contributed by atoms with Gasteiger partial charge in [-0.15, -0.1) is 5.10 Å². The Balaban J connectivity index is 1.71. The maximum atomic E-state index is 5.69. The van der Waals surface area contributed by atoms with Crippen molar-refractivity contribution in [3.63, 3.8) is 0 Å². The molecule has 106 valence electrons. The minimum absolute atomic E-state index is 0.652. The van der Waals surface area contributed by atoms with Crippen molar-refractivity contribution >= 4 is 0 Å². The summed E-state index contributed by atoms with van der Waals surface area (Å²) >= 11 is 0. The molecule has 0 unspecified atom stereocenters. The lowest BCUT2D eigenvalue weighted by Gasteiger charge is -2.10. The molecule has 1 aliphatic rings. The second-order valence-corrected chi connectivity index (χ2v) is 5.85. The quantitative estimate of drug-likeness (QED) is 0.821. The first-order valence-corrected chi connectivity index (χ1v) is 7.40. The zero-order valence-corrected chi connectivity index (χ0v) is 12.1.